The number of aromatic amines is 1. The van der Waals surface area contributed by atoms with Gasteiger partial charge in [0.15, 0.2) is 11.6 Å². The second kappa shape index (κ2) is 9.98. The lowest BCUT2D eigenvalue weighted by atomic mass is 10.0. The number of nitrogens with zero attached hydrogens (tertiary/aromatic N) is 4. The van der Waals surface area contributed by atoms with E-state index >= 15 is 0 Å². The van der Waals surface area contributed by atoms with Gasteiger partial charge in [-0.15, -0.1) is 0 Å². The Morgan fingerprint density at radius 2 is 1.86 bits per heavy atom. The first-order valence-corrected chi connectivity index (χ1v) is 11.7. The molecule has 2 heterocycles. The normalized spacial score (nSPS) is 15.6. The predicted molar refractivity (Wildman–Crippen MR) is 132 cm³/mol. The molecule has 0 unspecified atom stereocenters. The molecule has 0 spiro atoms. The van der Waals surface area contributed by atoms with E-state index < -0.39 is 17.7 Å². The van der Waals surface area contributed by atoms with Crippen molar-refractivity contribution in [2.45, 2.75) is 25.7 Å². The number of amides is 3. The van der Waals surface area contributed by atoms with Crippen LogP contribution < -0.4 is 16.0 Å². The van der Waals surface area contributed by atoms with Gasteiger partial charge in [-0.25, -0.2) is 14.6 Å². The minimum Gasteiger partial charge on any atom is -0.324 e. The van der Waals surface area contributed by atoms with E-state index in [4.69, 9.17) is 0 Å². The summed E-state index contributed by atoms with van der Waals surface area (Å²) >= 11 is 0. The zero-order valence-electron chi connectivity index (χ0n) is 19.3. The fourth-order valence-electron chi connectivity index (χ4n) is 4.50. The number of H-pyrrole nitrogens is 1. The lowest BCUT2D eigenvalue weighted by molar-refractivity contribution is -0.121. The highest BCUT2D eigenvalue weighted by atomic mass is 16.5. The molecule has 0 radical (unpaired) electrons. The van der Waals surface area contributed by atoms with Crippen LogP contribution in [0.2, 0.25) is 0 Å². The molecule has 0 atom stereocenters. The third-order valence-electron chi connectivity index (χ3n) is 6.29. The largest absolute Gasteiger partial charge is 0.439 e. The number of hydrogen-bond acceptors (Lipinski definition) is 7. The molecule has 2 aliphatic rings. The first kappa shape index (κ1) is 23.2. The maximum atomic E-state index is 13.4. The summed E-state index contributed by atoms with van der Waals surface area (Å²) in [6.07, 6.45) is 5.23. The molecule has 5 rings (SSSR count). The van der Waals surface area contributed by atoms with Crippen molar-refractivity contribution in [2.24, 2.45) is 11.0 Å². The highest BCUT2D eigenvalue weighted by molar-refractivity contribution is 6.06. The second-order valence-corrected chi connectivity index (χ2v) is 8.75. The van der Waals surface area contributed by atoms with Crippen LogP contribution in [0.15, 0.2) is 62.9 Å². The Morgan fingerprint density at radius 1 is 1.06 bits per heavy atom. The number of nitrogens with one attached hydrogen (secondary N) is 2. The Balaban J connectivity index is 1.32. The van der Waals surface area contributed by atoms with Gasteiger partial charge in [0.1, 0.15) is 6.54 Å². The molecule has 3 amide bonds. The second-order valence-electron chi connectivity index (χ2n) is 8.75. The van der Waals surface area contributed by atoms with Gasteiger partial charge in [-0.3, -0.25) is 24.0 Å². The Labute approximate surface area is 205 Å². The summed E-state index contributed by atoms with van der Waals surface area (Å²) in [5.41, 5.74) is 2.23. The first-order valence-electron chi connectivity index (χ1n) is 11.7. The summed E-state index contributed by atoms with van der Waals surface area (Å²) in [7, 11) is 0. The van der Waals surface area contributed by atoms with Crippen molar-refractivity contribution in [3.05, 3.63) is 64.6 Å². The number of aromatic nitrogens is 2. The zero-order valence-corrected chi connectivity index (χ0v) is 19.3. The number of para-hydroxylation sites is 1. The van der Waals surface area contributed by atoms with Gasteiger partial charge in [-0.05, 0) is 31.0 Å². The molecular formula is C25H24N6O5. The molecule has 1 aliphatic carbocycles. The fourth-order valence-corrected chi connectivity index (χ4v) is 4.50. The molecule has 36 heavy (non-hydrogen) atoms. The van der Waals surface area contributed by atoms with Crippen molar-refractivity contribution in [3.63, 3.8) is 0 Å². The minimum atomic E-state index is -0.686. The van der Waals surface area contributed by atoms with Crippen LogP contribution in [0.1, 0.15) is 31.2 Å². The van der Waals surface area contributed by atoms with E-state index in [2.05, 4.69) is 25.1 Å². The van der Waals surface area contributed by atoms with Gasteiger partial charge in [0.25, 0.3) is 0 Å². The van der Waals surface area contributed by atoms with Gasteiger partial charge in [0.2, 0.25) is 5.91 Å². The van der Waals surface area contributed by atoms with E-state index in [1.54, 1.807) is 36.4 Å². The minimum absolute atomic E-state index is 0.0182. The highest BCUT2D eigenvalue weighted by Gasteiger charge is 2.32. The van der Waals surface area contributed by atoms with Gasteiger partial charge < -0.3 is 5.32 Å². The van der Waals surface area contributed by atoms with Gasteiger partial charge in [-0.1, -0.05) is 48.3 Å². The quantitative estimate of drug-likeness (QED) is 0.524. The molecule has 1 fully saturated rings. The summed E-state index contributed by atoms with van der Waals surface area (Å²) in [4.78, 5) is 54.3. The van der Waals surface area contributed by atoms with Crippen LogP contribution in [0.4, 0.5) is 16.2 Å². The Hall–Kier alpha value is -4.54. The number of anilines is 2. The maximum Gasteiger partial charge on any atom is 0.439 e. The van der Waals surface area contributed by atoms with Crippen molar-refractivity contribution >= 4 is 35.3 Å². The standard InChI is InChI=1S/C25H24N6O5/c32-21(16-6-1-2-7-16)14-30-20-11-4-3-8-18(20)13-26-31(25(30)35)15-22(33)27-19-10-5-9-17(12-19)23-28-24(34)36-29-23/h3-5,8-13,16H,1-2,6-7,14-15H2,(H,27,33)(H,28,29,34). The maximum absolute atomic E-state index is 13.4. The molecule has 1 saturated carbocycles. The highest BCUT2D eigenvalue weighted by Crippen LogP contribution is 2.28. The number of fused-ring (bicyclic) bond motifs is 1. The number of urea groups is 1. The van der Waals surface area contributed by atoms with Crippen LogP contribution in [0.25, 0.3) is 11.4 Å². The van der Waals surface area contributed by atoms with E-state index in [0.29, 0.717) is 22.5 Å². The van der Waals surface area contributed by atoms with Crippen LogP contribution in [-0.4, -0.2) is 52.2 Å². The number of hydrazone groups is 1. The Morgan fingerprint density at radius 3 is 2.64 bits per heavy atom. The monoisotopic (exact) mass is 488 g/mol. The molecule has 0 bridgehead atoms. The lowest BCUT2D eigenvalue weighted by Crippen LogP contribution is -2.46. The van der Waals surface area contributed by atoms with Crippen molar-refractivity contribution < 1.29 is 18.9 Å². The molecule has 11 nitrogen and oxygen atoms in total. The van der Waals surface area contributed by atoms with Crippen molar-refractivity contribution in [1.29, 1.82) is 0 Å². The average molecular weight is 489 g/mol. The van der Waals surface area contributed by atoms with Crippen LogP contribution in [0.3, 0.4) is 0 Å². The third kappa shape index (κ3) is 4.95. The Bertz CT molecular complexity index is 1390. The summed E-state index contributed by atoms with van der Waals surface area (Å²) in [6, 6.07) is 13.3. The van der Waals surface area contributed by atoms with Crippen LogP contribution in [0.5, 0.6) is 0 Å². The van der Waals surface area contributed by atoms with Crippen LogP contribution in [-0.2, 0) is 9.59 Å². The molecule has 1 aromatic heterocycles. The number of benzene rings is 2. The molecule has 11 heteroatoms. The van der Waals surface area contributed by atoms with E-state index in [1.165, 1.54) is 11.1 Å². The van der Waals surface area contributed by atoms with Crippen LogP contribution >= 0.6 is 0 Å². The summed E-state index contributed by atoms with van der Waals surface area (Å²) in [6.45, 7) is -0.428. The topological polar surface area (TPSA) is 141 Å². The molecule has 2 N–H and O–H groups in total. The number of Topliss-reactive ketones (excluding diaryl/α,β-unsaturated/α-hetero) is 1. The van der Waals surface area contributed by atoms with Crippen molar-refractivity contribution in [3.8, 4) is 11.4 Å². The zero-order chi connectivity index (χ0) is 25.1. The molecule has 3 aromatic rings. The number of ketones is 1. The number of carbonyl (C=O) groups excluding carboxylic acids is 3. The third-order valence-corrected chi connectivity index (χ3v) is 6.29. The van der Waals surface area contributed by atoms with Crippen LogP contribution in [0, 0.1) is 5.92 Å². The van der Waals surface area contributed by atoms with E-state index in [-0.39, 0.29) is 30.6 Å². The van der Waals surface area contributed by atoms with Gasteiger partial charge in [-0.2, -0.15) is 5.10 Å². The molecular weight excluding hydrogens is 464 g/mol. The van der Waals surface area contributed by atoms with Gasteiger partial charge in [0, 0.05) is 22.7 Å². The van der Waals surface area contributed by atoms with E-state index in [1.807, 2.05) is 12.1 Å². The van der Waals surface area contributed by atoms with Crippen molar-refractivity contribution in [1.82, 2.24) is 15.1 Å². The average Bonchev–Trinajstić information content (AvgIpc) is 3.55. The first-order chi connectivity index (χ1) is 17.5. The number of hydrogen-bond donors (Lipinski definition) is 2. The molecule has 184 valence electrons. The molecule has 1 aliphatic heterocycles. The van der Waals surface area contributed by atoms with E-state index in [9.17, 15) is 19.2 Å². The SMILES string of the molecule is O=C(CN1N=Cc2ccccc2N(CC(=O)C2CCCC2)C1=O)Nc1cccc(-c2noc(=O)[nH]2)c1. The number of rotatable bonds is 7. The van der Waals surface area contributed by atoms with E-state index in [0.717, 1.165) is 30.7 Å². The molecule has 0 saturated heterocycles. The molecule has 2 aromatic carbocycles. The summed E-state index contributed by atoms with van der Waals surface area (Å²) < 4.78 is 4.52. The number of carbonyl (C=O) groups is 3. The summed E-state index contributed by atoms with van der Waals surface area (Å²) in [5.74, 6) is -0.973. The smallest absolute Gasteiger partial charge is 0.324 e. The Kier molecular flexibility index (Phi) is 6.44. The van der Waals surface area contributed by atoms with Crippen molar-refractivity contribution in [2.75, 3.05) is 23.3 Å². The lowest BCUT2D eigenvalue weighted by Gasteiger charge is -2.26. The predicted octanol–water partition coefficient (Wildman–Crippen LogP) is 3.00. The summed E-state index contributed by atoms with van der Waals surface area (Å²) in [5, 5.41) is 11.7. The van der Waals surface area contributed by atoms with Gasteiger partial charge >= 0.3 is 11.8 Å². The van der Waals surface area contributed by atoms with Gasteiger partial charge in [0.05, 0.1) is 18.4 Å². The fraction of sp³-hybridized carbons (Fsp3) is 0.280.